The van der Waals surface area contributed by atoms with Gasteiger partial charge in [0.2, 0.25) is 5.91 Å². The van der Waals surface area contributed by atoms with Gasteiger partial charge in [0.05, 0.1) is 10.6 Å². The third-order valence-corrected chi connectivity index (χ3v) is 6.73. The molecule has 0 aliphatic heterocycles. The average molecular weight is 467 g/mol. The number of primary amides is 1. The van der Waals surface area contributed by atoms with Gasteiger partial charge in [-0.2, -0.15) is 0 Å². The molecular weight excluding hydrogens is 440 g/mol. The van der Waals surface area contributed by atoms with Gasteiger partial charge in [0.1, 0.15) is 0 Å². The summed E-state index contributed by atoms with van der Waals surface area (Å²) in [6.45, 7) is 3.74. The predicted octanol–water partition coefficient (Wildman–Crippen LogP) is 4.02. The van der Waals surface area contributed by atoms with Crippen LogP contribution in [-0.4, -0.2) is 26.9 Å². The largest absolute Gasteiger partial charge is 0.351 e. The molecule has 4 N–H and O–H groups in total. The summed E-state index contributed by atoms with van der Waals surface area (Å²) in [5.74, 6) is -0.373. The first-order valence-corrected chi connectivity index (χ1v) is 11.7. The van der Waals surface area contributed by atoms with Crippen molar-refractivity contribution in [2.45, 2.75) is 25.2 Å². The zero-order valence-corrected chi connectivity index (χ0v) is 19.2. The van der Waals surface area contributed by atoms with Crippen molar-refractivity contribution in [3.63, 3.8) is 0 Å². The van der Waals surface area contributed by atoms with Crippen LogP contribution in [0, 0.1) is 13.8 Å². The molecule has 33 heavy (non-hydrogen) atoms. The molecule has 8 nitrogen and oxygen atoms in total. The number of carbonyl (C=O) groups excluding carboxylic acids is 2. The molecule has 0 radical (unpaired) electrons. The highest BCUT2D eigenvalue weighted by atomic mass is 32.2. The van der Waals surface area contributed by atoms with Crippen molar-refractivity contribution in [3.8, 4) is 0 Å². The zero-order chi connectivity index (χ0) is 24.0. The van der Waals surface area contributed by atoms with Crippen molar-refractivity contribution in [3.05, 3.63) is 83.9 Å². The molecule has 0 aliphatic carbocycles. The Labute approximate surface area is 193 Å². The number of sulfonamides is 1. The van der Waals surface area contributed by atoms with E-state index in [4.69, 9.17) is 5.73 Å². The Morgan fingerprint density at radius 3 is 1.97 bits per heavy atom. The van der Waals surface area contributed by atoms with Crippen LogP contribution >= 0.6 is 0 Å². The molecule has 0 heterocycles. The molecule has 172 valence electrons. The van der Waals surface area contributed by atoms with E-state index in [9.17, 15) is 18.0 Å². The lowest BCUT2D eigenvalue weighted by Gasteiger charge is -2.24. The van der Waals surface area contributed by atoms with E-state index in [1.807, 2.05) is 26.0 Å². The van der Waals surface area contributed by atoms with Gasteiger partial charge in [0.25, 0.3) is 10.0 Å². The Bertz CT molecular complexity index is 1240. The van der Waals surface area contributed by atoms with Gasteiger partial charge in [-0.3, -0.25) is 9.10 Å². The molecule has 0 aliphatic rings. The van der Waals surface area contributed by atoms with E-state index in [1.165, 1.54) is 4.31 Å². The standard InChI is InChI=1S/C24H26N4O4S/c1-17-6-10-21(11-7-17)28(33(31,32)22-12-8-18(2)9-13-22)15-14-23(29)26-19-4-3-5-20(16-19)27-24(25)30/h3-13,16H,14-15H2,1-2H3,(H,26,29)(H3,25,27,30). The molecule has 3 aromatic carbocycles. The highest BCUT2D eigenvalue weighted by Crippen LogP contribution is 2.25. The van der Waals surface area contributed by atoms with E-state index in [1.54, 1.807) is 60.7 Å². The first-order chi connectivity index (χ1) is 15.6. The van der Waals surface area contributed by atoms with Crippen molar-refractivity contribution < 1.29 is 18.0 Å². The average Bonchev–Trinajstić information content (AvgIpc) is 2.75. The third kappa shape index (κ3) is 6.33. The van der Waals surface area contributed by atoms with Crippen molar-refractivity contribution in [1.29, 1.82) is 0 Å². The Balaban J connectivity index is 1.79. The first-order valence-electron chi connectivity index (χ1n) is 10.3. The second kappa shape index (κ2) is 10.2. The molecular formula is C24H26N4O4S. The van der Waals surface area contributed by atoms with E-state index >= 15 is 0 Å². The minimum atomic E-state index is -3.88. The fraction of sp³-hybridized carbons (Fsp3) is 0.167. The lowest BCUT2D eigenvalue weighted by molar-refractivity contribution is -0.116. The molecule has 0 saturated heterocycles. The summed E-state index contributed by atoms with van der Waals surface area (Å²) in [6, 6.07) is 19.5. The number of carbonyl (C=O) groups is 2. The monoisotopic (exact) mass is 466 g/mol. The number of anilines is 3. The maximum absolute atomic E-state index is 13.4. The van der Waals surface area contributed by atoms with Crippen molar-refractivity contribution in [1.82, 2.24) is 0 Å². The Kier molecular flexibility index (Phi) is 7.34. The van der Waals surface area contributed by atoms with Crippen LogP contribution in [0.15, 0.2) is 77.7 Å². The van der Waals surface area contributed by atoms with Crippen molar-refractivity contribution in [2.24, 2.45) is 5.73 Å². The molecule has 0 bridgehead atoms. The Hall–Kier alpha value is -3.85. The maximum atomic E-state index is 13.4. The number of hydrogen-bond donors (Lipinski definition) is 3. The molecule has 3 amide bonds. The number of rotatable bonds is 8. The van der Waals surface area contributed by atoms with Gasteiger partial charge in [0.15, 0.2) is 0 Å². The summed E-state index contributed by atoms with van der Waals surface area (Å²) in [6.07, 6.45) is -0.0769. The van der Waals surface area contributed by atoms with Crippen LogP contribution in [0.4, 0.5) is 21.9 Å². The molecule has 0 spiro atoms. The third-order valence-electron chi connectivity index (χ3n) is 4.89. The van der Waals surface area contributed by atoms with Crippen LogP contribution in [0.1, 0.15) is 17.5 Å². The molecule has 3 aromatic rings. The highest BCUT2D eigenvalue weighted by molar-refractivity contribution is 7.92. The molecule has 0 fully saturated rings. The smallest absolute Gasteiger partial charge is 0.316 e. The fourth-order valence-electron chi connectivity index (χ4n) is 3.18. The van der Waals surface area contributed by atoms with Crippen LogP contribution in [-0.2, 0) is 14.8 Å². The van der Waals surface area contributed by atoms with E-state index in [-0.39, 0.29) is 23.8 Å². The van der Waals surface area contributed by atoms with Crippen molar-refractivity contribution in [2.75, 3.05) is 21.5 Å². The number of nitrogens with two attached hydrogens (primary N) is 1. The lowest BCUT2D eigenvalue weighted by atomic mass is 10.2. The maximum Gasteiger partial charge on any atom is 0.316 e. The molecule has 0 unspecified atom stereocenters. The van der Waals surface area contributed by atoms with Gasteiger partial charge in [-0.15, -0.1) is 0 Å². The molecule has 0 saturated carbocycles. The van der Waals surface area contributed by atoms with E-state index in [0.29, 0.717) is 17.1 Å². The fourth-order valence-corrected chi connectivity index (χ4v) is 4.65. The summed E-state index contributed by atoms with van der Waals surface area (Å²) < 4.78 is 28.0. The summed E-state index contributed by atoms with van der Waals surface area (Å²) in [7, 11) is -3.88. The topological polar surface area (TPSA) is 122 Å². The predicted molar refractivity (Wildman–Crippen MR) is 130 cm³/mol. The van der Waals surface area contributed by atoms with Gasteiger partial charge < -0.3 is 16.4 Å². The second-order valence-corrected chi connectivity index (χ2v) is 9.46. The minimum absolute atomic E-state index is 0.0513. The van der Waals surface area contributed by atoms with Gasteiger partial charge in [-0.25, -0.2) is 13.2 Å². The molecule has 0 aromatic heterocycles. The van der Waals surface area contributed by atoms with Crippen LogP contribution in [0.25, 0.3) is 0 Å². The number of urea groups is 1. The summed E-state index contributed by atoms with van der Waals surface area (Å²) in [5.41, 5.74) is 8.42. The summed E-state index contributed by atoms with van der Waals surface area (Å²) in [4.78, 5) is 23.8. The van der Waals surface area contributed by atoms with Crippen LogP contribution in [0.2, 0.25) is 0 Å². The normalized spacial score (nSPS) is 11.0. The second-order valence-electron chi connectivity index (χ2n) is 7.59. The minimum Gasteiger partial charge on any atom is -0.351 e. The van der Waals surface area contributed by atoms with E-state index < -0.39 is 16.1 Å². The molecule has 9 heteroatoms. The van der Waals surface area contributed by atoms with Crippen LogP contribution < -0.4 is 20.7 Å². The Morgan fingerprint density at radius 2 is 1.39 bits per heavy atom. The lowest BCUT2D eigenvalue weighted by Crippen LogP contribution is -2.34. The molecule has 3 rings (SSSR count). The number of aryl methyl sites for hydroxylation is 2. The van der Waals surface area contributed by atoms with Gasteiger partial charge in [-0.1, -0.05) is 41.5 Å². The summed E-state index contributed by atoms with van der Waals surface area (Å²) in [5, 5.41) is 5.15. The summed E-state index contributed by atoms with van der Waals surface area (Å²) >= 11 is 0. The number of hydrogen-bond acceptors (Lipinski definition) is 4. The van der Waals surface area contributed by atoms with Gasteiger partial charge >= 0.3 is 6.03 Å². The van der Waals surface area contributed by atoms with Crippen molar-refractivity contribution >= 4 is 39.0 Å². The van der Waals surface area contributed by atoms with Crippen LogP contribution in [0.5, 0.6) is 0 Å². The number of benzene rings is 3. The highest BCUT2D eigenvalue weighted by Gasteiger charge is 2.25. The number of amides is 3. The Morgan fingerprint density at radius 1 is 0.848 bits per heavy atom. The zero-order valence-electron chi connectivity index (χ0n) is 18.4. The van der Waals surface area contributed by atoms with Gasteiger partial charge in [0, 0.05) is 24.3 Å². The number of nitrogens with one attached hydrogen (secondary N) is 2. The quantitative estimate of drug-likeness (QED) is 0.464. The van der Waals surface area contributed by atoms with E-state index in [0.717, 1.165) is 11.1 Å². The first kappa shape index (κ1) is 23.8. The molecule has 0 atom stereocenters. The SMILES string of the molecule is Cc1ccc(N(CCC(=O)Nc2cccc(NC(N)=O)c2)S(=O)(=O)c2ccc(C)cc2)cc1. The number of nitrogens with zero attached hydrogens (tertiary/aromatic N) is 1. The van der Waals surface area contributed by atoms with Gasteiger partial charge in [-0.05, 0) is 56.3 Å². The van der Waals surface area contributed by atoms with E-state index in [2.05, 4.69) is 10.6 Å². The van der Waals surface area contributed by atoms with Crippen LogP contribution in [0.3, 0.4) is 0 Å².